The molecule has 2 atom stereocenters. The summed E-state index contributed by atoms with van der Waals surface area (Å²) < 4.78 is 0. The van der Waals surface area contributed by atoms with Crippen molar-refractivity contribution in [2.24, 2.45) is 0 Å². The number of hydrogen-bond donors (Lipinski definition) is 2. The summed E-state index contributed by atoms with van der Waals surface area (Å²) in [6.07, 6.45) is 8.29. The van der Waals surface area contributed by atoms with E-state index in [0.717, 1.165) is 18.6 Å². The fraction of sp³-hybridized carbons (Fsp3) is 1.00. The van der Waals surface area contributed by atoms with Crippen molar-refractivity contribution in [3.63, 3.8) is 0 Å². The standard InChI is InChI=1S/C15H31N3/c1-3-18(15-7-8-15)11-10-16-13(2)12-14-6-4-5-9-17-14/h13-17H,3-12H2,1-2H3. The maximum atomic E-state index is 3.70. The molecule has 2 fully saturated rings. The molecule has 2 rings (SSSR count). The smallest absolute Gasteiger partial charge is 0.0110 e. The van der Waals surface area contributed by atoms with Gasteiger partial charge in [0.2, 0.25) is 0 Å². The van der Waals surface area contributed by atoms with Crippen LogP contribution in [0.2, 0.25) is 0 Å². The largest absolute Gasteiger partial charge is 0.314 e. The number of nitrogens with zero attached hydrogens (tertiary/aromatic N) is 1. The minimum absolute atomic E-state index is 0.651. The van der Waals surface area contributed by atoms with Crippen LogP contribution in [0.15, 0.2) is 0 Å². The van der Waals surface area contributed by atoms with Crippen molar-refractivity contribution in [1.29, 1.82) is 0 Å². The number of nitrogens with one attached hydrogen (secondary N) is 2. The predicted octanol–water partition coefficient (Wildman–Crippen LogP) is 1.98. The molecule has 3 nitrogen and oxygen atoms in total. The average Bonchev–Trinajstić information content (AvgIpc) is 3.20. The van der Waals surface area contributed by atoms with E-state index in [2.05, 4.69) is 29.4 Å². The summed E-state index contributed by atoms with van der Waals surface area (Å²) in [7, 11) is 0. The van der Waals surface area contributed by atoms with Crippen molar-refractivity contribution in [2.75, 3.05) is 26.2 Å². The van der Waals surface area contributed by atoms with E-state index in [1.807, 2.05) is 0 Å². The van der Waals surface area contributed by atoms with Gasteiger partial charge in [-0.3, -0.25) is 4.90 Å². The number of piperidine rings is 1. The van der Waals surface area contributed by atoms with Crippen molar-refractivity contribution in [1.82, 2.24) is 15.5 Å². The fourth-order valence-electron chi connectivity index (χ4n) is 3.13. The number of likely N-dealkylation sites (N-methyl/N-ethyl adjacent to an activating group) is 1. The van der Waals surface area contributed by atoms with Crippen molar-refractivity contribution in [2.45, 2.75) is 70.5 Å². The van der Waals surface area contributed by atoms with Gasteiger partial charge in [-0.15, -0.1) is 0 Å². The van der Waals surface area contributed by atoms with Gasteiger partial charge in [0, 0.05) is 31.2 Å². The Hall–Kier alpha value is -0.120. The second-order valence-corrected chi connectivity index (χ2v) is 6.10. The molecule has 18 heavy (non-hydrogen) atoms. The molecule has 0 aromatic carbocycles. The van der Waals surface area contributed by atoms with E-state index < -0.39 is 0 Å². The lowest BCUT2D eigenvalue weighted by Gasteiger charge is -2.27. The van der Waals surface area contributed by atoms with E-state index in [1.165, 1.54) is 58.2 Å². The molecule has 1 aliphatic carbocycles. The first kappa shape index (κ1) is 14.3. The highest BCUT2D eigenvalue weighted by Gasteiger charge is 2.27. The van der Waals surface area contributed by atoms with Gasteiger partial charge < -0.3 is 10.6 Å². The first-order chi connectivity index (χ1) is 8.79. The van der Waals surface area contributed by atoms with E-state index in [4.69, 9.17) is 0 Å². The van der Waals surface area contributed by atoms with Crippen molar-refractivity contribution >= 4 is 0 Å². The zero-order valence-corrected chi connectivity index (χ0v) is 12.3. The maximum absolute atomic E-state index is 3.70. The molecule has 1 saturated carbocycles. The normalized spacial score (nSPS) is 26.5. The number of rotatable bonds is 8. The Kier molecular flexibility index (Phi) is 5.93. The molecule has 0 aromatic rings. The molecule has 1 saturated heterocycles. The summed E-state index contributed by atoms with van der Waals surface area (Å²) >= 11 is 0. The van der Waals surface area contributed by atoms with Crippen LogP contribution in [0.5, 0.6) is 0 Å². The third kappa shape index (κ3) is 4.87. The van der Waals surface area contributed by atoms with Crippen molar-refractivity contribution in [3.05, 3.63) is 0 Å². The van der Waals surface area contributed by atoms with Gasteiger partial charge in [0.1, 0.15) is 0 Å². The monoisotopic (exact) mass is 253 g/mol. The molecule has 0 amide bonds. The van der Waals surface area contributed by atoms with Gasteiger partial charge in [-0.1, -0.05) is 13.3 Å². The minimum atomic E-state index is 0.651. The lowest BCUT2D eigenvalue weighted by Crippen LogP contribution is -2.42. The summed E-state index contributed by atoms with van der Waals surface area (Å²) in [5.74, 6) is 0. The van der Waals surface area contributed by atoms with Crippen LogP contribution in [0.3, 0.4) is 0 Å². The molecular formula is C15H31N3. The molecule has 0 bridgehead atoms. The highest BCUT2D eigenvalue weighted by Crippen LogP contribution is 2.25. The van der Waals surface area contributed by atoms with Gasteiger partial charge in [0.15, 0.2) is 0 Å². The molecule has 106 valence electrons. The van der Waals surface area contributed by atoms with Crippen LogP contribution in [0, 0.1) is 0 Å². The summed E-state index contributed by atoms with van der Waals surface area (Å²) in [5, 5.41) is 7.33. The van der Waals surface area contributed by atoms with Gasteiger partial charge in [-0.25, -0.2) is 0 Å². The first-order valence-corrected chi connectivity index (χ1v) is 8.00. The molecule has 0 radical (unpaired) electrons. The topological polar surface area (TPSA) is 27.3 Å². The Labute approximate surface area is 113 Å². The zero-order valence-electron chi connectivity index (χ0n) is 12.3. The van der Waals surface area contributed by atoms with Crippen LogP contribution < -0.4 is 10.6 Å². The van der Waals surface area contributed by atoms with E-state index in [1.54, 1.807) is 0 Å². The van der Waals surface area contributed by atoms with Crippen LogP contribution in [0.25, 0.3) is 0 Å². The maximum Gasteiger partial charge on any atom is 0.0110 e. The lowest BCUT2D eigenvalue weighted by atomic mass is 9.99. The van der Waals surface area contributed by atoms with E-state index in [9.17, 15) is 0 Å². The Morgan fingerprint density at radius 3 is 2.72 bits per heavy atom. The lowest BCUT2D eigenvalue weighted by molar-refractivity contribution is 0.267. The summed E-state index contributed by atoms with van der Waals surface area (Å²) in [6, 6.07) is 2.32. The molecule has 2 unspecified atom stereocenters. The van der Waals surface area contributed by atoms with E-state index in [0.29, 0.717) is 6.04 Å². The Balaban J connectivity index is 1.54. The zero-order chi connectivity index (χ0) is 12.8. The van der Waals surface area contributed by atoms with Gasteiger partial charge in [0.25, 0.3) is 0 Å². The first-order valence-electron chi connectivity index (χ1n) is 8.00. The van der Waals surface area contributed by atoms with Crippen LogP contribution in [-0.2, 0) is 0 Å². The third-order valence-corrected chi connectivity index (χ3v) is 4.41. The SMILES string of the molecule is CCN(CCNC(C)CC1CCCCN1)C1CC1. The van der Waals surface area contributed by atoms with Gasteiger partial charge >= 0.3 is 0 Å². The third-order valence-electron chi connectivity index (χ3n) is 4.41. The van der Waals surface area contributed by atoms with Gasteiger partial charge in [0.05, 0.1) is 0 Å². The van der Waals surface area contributed by atoms with Crippen LogP contribution in [0.1, 0.15) is 52.4 Å². The Bertz CT molecular complexity index is 222. The molecule has 1 aliphatic heterocycles. The van der Waals surface area contributed by atoms with Crippen LogP contribution in [-0.4, -0.2) is 49.2 Å². The molecular weight excluding hydrogens is 222 g/mol. The molecule has 3 heteroatoms. The molecule has 1 heterocycles. The van der Waals surface area contributed by atoms with Crippen molar-refractivity contribution in [3.8, 4) is 0 Å². The van der Waals surface area contributed by atoms with Gasteiger partial charge in [-0.2, -0.15) is 0 Å². The second-order valence-electron chi connectivity index (χ2n) is 6.10. The van der Waals surface area contributed by atoms with E-state index in [-0.39, 0.29) is 0 Å². The Morgan fingerprint density at radius 2 is 2.11 bits per heavy atom. The summed E-state index contributed by atoms with van der Waals surface area (Å²) in [6.45, 7) is 9.44. The highest BCUT2D eigenvalue weighted by atomic mass is 15.2. The predicted molar refractivity (Wildman–Crippen MR) is 78.0 cm³/mol. The molecule has 0 spiro atoms. The number of hydrogen-bond acceptors (Lipinski definition) is 3. The average molecular weight is 253 g/mol. The summed E-state index contributed by atoms with van der Waals surface area (Å²) in [4.78, 5) is 2.62. The quantitative estimate of drug-likeness (QED) is 0.693. The minimum Gasteiger partial charge on any atom is -0.314 e. The molecule has 2 aliphatic rings. The Morgan fingerprint density at radius 1 is 1.28 bits per heavy atom. The van der Waals surface area contributed by atoms with Crippen LogP contribution >= 0.6 is 0 Å². The second kappa shape index (κ2) is 7.46. The van der Waals surface area contributed by atoms with Crippen LogP contribution in [0.4, 0.5) is 0 Å². The van der Waals surface area contributed by atoms with Gasteiger partial charge in [-0.05, 0) is 52.1 Å². The van der Waals surface area contributed by atoms with Crippen molar-refractivity contribution < 1.29 is 0 Å². The fourth-order valence-corrected chi connectivity index (χ4v) is 3.13. The van der Waals surface area contributed by atoms with E-state index >= 15 is 0 Å². The molecule has 2 N–H and O–H groups in total. The highest BCUT2D eigenvalue weighted by molar-refractivity contribution is 4.84. The summed E-state index contributed by atoms with van der Waals surface area (Å²) in [5.41, 5.74) is 0. The molecule has 0 aromatic heterocycles.